The van der Waals surface area contributed by atoms with E-state index in [1.165, 1.54) is 9.88 Å². The van der Waals surface area contributed by atoms with E-state index in [0.717, 1.165) is 44.0 Å². The number of thiazole rings is 2. The molecule has 0 aliphatic rings. The lowest BCUT2D eigenvalue weighted by atomic mass is 10.3. The molecule has 2 aromatic rings. The molecule has 0 aliphatic carbocycles. The van der Waals surface area contributed by atoms with E-state index in [9.17, 15) is 0 Å². The third-order valence-corrected chi connectivity index (χ3v) is 4.81. The monoisotopic (exact) mass is 310 g/mol. The zero-order valence-electron chi connectivity index (χ0n) is 12.3. The van der Waals surface area contributed by atoms with Gasteiger partial charge in [-0.15, -0.1) is 22.7 Å². The van der Waals surface area contributed by atoms with Gasteiger partial charge in [0.25, 0.3) is 0 Å². The Labute approximate surface area is 128 Å². The molecule has 110 valence electrons. The van der Waals surface area contributed by atoms with E-state index in [1.54, 1.807) is 22.7 Å². The van der Waals surface area contributed by atoms with E-state index in [0.29, 0.717) is 0 Å². The van der Waals surface area contributed by atoms with Crippen molar-refractivity contribution >= 4 is 22.7 Å². The average molecular weight is 310 g/mol. The molecule has 0 unspecified atom stereocenters. The minimum Gasteiger partial charge on any atom is -0.310 e. The molecule has 0 radical (unpaired) electrons. The van der Waals surface area contributed by atoms with Gasteiger partial charge < -0.3 is 5.32 Å². The number of nitrogens with one attached hydrogen (secondary N) is 1. The first-order chi connectivity index (χ1) is 9.69. The molecule has 20 heavy (non-hydrogen) atoms. The highest BCUT2D eigenvalue weighted by Crippen LogP contribution is 2.16. The number of nitrogens with zero attached hydrogens (tertiary/aromatic N) is 3. The largest absolute Gasteiger partial charge is 0.310 e. The van der Waals surface area contributed by atoms with Crippen molar-refractivity contribution in [1.82, 2.24) is 20.2 Å². The van der Waals surface area contributed by atoms with Gasteiger partial charge in [-0.3, -0.25) is 4.90 Å². The van der Waals surface area contributed by atoms with Crippen LogP contribution in [0.15, 0.2) is 10.9 Å². The second-order valence-corrected chi connectivity index (χ2v) is 6.82. The Kier molecular flexibility index (Phi) is 6.09. The third kappa shape index (κ3) is 4.63. The standard InChI is InChI=1S/C14H22N4S2/c1-4-5-15-6-14-17-12(9-19-14)7-18(3)8-13-11(2)16-10-20-13/h9-10,15H,4-8H2,1-3H3. The van der Waals surface area contributed by atoms with Crippen molar-refractivity contribution in [2.45, 2.75) is 39.9 Å². The summed E-state index contributed by atoms with van der Waals surface area (Å²) in [5, 5.41) is 6.73. The summed E-state index contributed by atoms with van der Waals surface area (Å²) in [5.41, 5.74) is 4.22. The van der Waals surface area contributed by atoms with Gasteiger partial charge in [-0.2, -0.15) is 0 Å². The maximum atomic E-state index is 4.68. The van der Waals surface area contributed by atoms with Crippen LogP contribution in [-0.2, 0) is 19.6 Å². The van der Waals surface area contributed by atoms with E-state index in [1.807, 2.05) is 5.51 Å². The lowest BCUT2D eigenvalue weighted by molar-refractivity contribution is 0.317. The van der Waals surface area contributed by atoms with Crippen LogP contribution in [0.25, 0.3) is 0 Å². The summed E-state index contributed by atoms with van der Waals surface area (Å²) in [6.07, 6.45) is 1.16. The summed E-state index contributed by atoms with van der Waals surface area (Å²) in [6, 6.07) is 0. The first-order valence-electron chi connectivity index (χ1n) is 6.90. The summed E-state index contributed by atoms with van der Waals surface area (Å²) in [7, 11) is 2.13. The SMILES string of the molecule is CCCNCc1nc(CN(C)Cc2scnc2C)cs1. The Balaban J connectivity index is 1.82. The Morgan fingerprint density at radius 3 is 2.85 bits per heavy atom. The molecule has 2 heterocycles. The van der Waals surface area contributed by atoms with Crippen molar-refractivity contribution in [1.29, 1.82) is 0 Å². The van der Waals surface area contributed by atoms with E-state index in [-0.39, 0.29) is 0 Å². The number of rotatable bonds is 8. The maximum Gasteiger partial charge on any atom is 0.107 e. The fourth-order valence-electron chi connectivity index (χ4n) is 1.93. The minimum atomic E-state index is 0.885. The lowest BCUT2D eigenvalue weighted by Crippen LogP contribution is -2.17. The van der Waals surface area contributed by atoms with Crippen LogP contribution in [0.3, 0.4) is 0 Å². The summed E-state index contributed by atoms with van der Waals surface area (Å²) in [4.78, 5) is 12.6. The van der Waals surface area contributed by atoms with Gasteiger partial charge in [0.05, 0.1) is 16.9 Å². The normalized spacial score (nSPS) is 11.4. The van der Waals surface area contributed by atoms with Crippen LogP contribution < -0.4 is 5.32 Å². The molecule has 0 saturated carbocycles. The number of hydrogen-bond donors (Lipinski definition) is 1. The summed E-state index contributed by atoms with van der Waals surface area (Å²) in [5.74, 6) is 0. The van der Waals surface area contributed by atoms with Gasteiger partial charge in [0.15, 0.2) is 0 Å². The molecule has 4 nitrogen and oxygen atoms in total. The molecule has 0 spiro atoms. The molecule has 0 bridgehead atoms. The fraction of sp³-hybridized carbons (Fsp3) is 0.571. The molecule has 0 fully saturated rings. The first kappa shape index (κ1) is 15.6. The number of aromatic nitrogens is 2. The highest BCUT2D eigenvalue weighted by atomic mass is 32.1. The van der Waals surface area contributed by atoms with Gasteiger partial charge in [0.1, 0.15) is 5.01 Å². The van der Waals surface area contributed by atoms with Crippen LogP contribution in [0.2, 0.25) is 0 Å². The molecule has 0 aliphatic heterocycles. The topological polar surface area (TPSA) is 41.1 Å². The van der Waals surface area contributed by atoms with Gasteiger partial charge >= 0.3 is 0 Å². The molecular formula is C14H22N4S2. The van der Waals surface area contributed by atoms with Gasteiger partial charge in [-0.1, -0.05) is 6.92 Å². The number of aryl methyl sites for hydroxylation is 1. The summed E-state index contributed by atoms with van der Waals surface area (Å²) in [6.45, 7) is 8.02. The van der Waals surface area contributed by atoms with Crippen LogP contribution in [-0.4, -0.2) is 28.5 Å². The molecule has 0 atom stereocenters. The first-order valence-corrected chi connectivity index (χ1v) is 8.66. The van der Waals surface area contributed by atoms with Crippen molar-refractivity contribution < 1.29 is 0 Å². The van der Waals surface area contributed by atoms with Gasteiger partial charge in [0, 0.05) is 29.9 Å². The van der Waals surface area contributed by atoms with Crippen LogP contribution in [0, 0.1) is 6.92 Å². The molecule has 2 aromatic heterocycles. The minimum absolute atomic E-state index is 0.885. The molecule has 0 saturated heterocycles. The zero-order chi connectivity index (χ0) is 14.4. The predicted molar refractivity (Wildman–Crippen MR) is 86.1 cm³/mol. The number of hydrogen-bond acceptors (Lipinski definition) is 6. The Morgan fingerprint density at radius 2 is 2.15 bits per heavy atom. The van der Waals surface area contributed by atoms with Gasteiger partial charge in [0.2, 0.25) is 0 Å². The van der Waals surface area contributed by atoms with E-state index < -0.39 is 0 Å². The third-order valence-electron chi connectivity index (χ3n) is 2.99. The Bertz CT molecular complexity index is 521. The smallest absolute Gasteiger partial charge is 0.107 e. The van der Waals surface area contributed by atoms with Crippen molar-refractivity contribution in [2.75, 3.05) is 13.6 Å². The van der Waals surface area contributed by atoms with E-state index in [2.05, 4.69) is 46.5 Å². The Morgan fingerprint density at radius 1 is 1.30 bits per heavy atom. The zero-order valence-corrected chi connectivity index (χ0v) is 14.0. The molecule has 0 aromatic carbocycles. The van der Waals surface area contributed by atoms with Crippen molar-refractivity contribution in [3.63, 3.8) is 0 Å². The summed E-state index contributed by atoms with van der Waals surface area (Å²) >= 11 is 3.47. The van der Waals surface area contributed by atoms with Crippen LogP contribution in [0.5, 0.6) is 0 Å². The molecule has 6 heteroatoms. The lowest BCUT2D eigenvalue weighted by Gasteiger charge is -2.14. The fourth-order valence-corrected chi connectivity index (χ4v) is 3.54. The molecule has 0 amide bonds. The molecule has 2 rings (SSSR count). The highest BCUT2D eigenvalue weighted by molar-refractivity contribution is 7.10. The molecular weight excluding hydrogens is 288 g/mol. The second-order valence-electron chi connectivity index (χ2n) is 4.94. The van der Waals surface area contributed by atoms with Crippen molar-refractivity contribution in [3.8, 4) is 0 Å². The van der Waals surface area contributed by atoms with E-state index in [4.69, 9.17) is 0 Å². The van der Waals surface area contributed by atoms with Crippen LogP contribution in [0.1, 0.15) is 34.6 Å². The maximum absolute atomic E-state index is 4.68. The quantitative estimate of drug-likeness (QED) is 0.761. The second kappa shape index (κ2) is 7.83. The van der Waals surface area contributed by atoms with Crippen molar-refractivity contribution in [3.05, 3.63) is 32.2 Å². The predicted octanol–water partition coefficient (Wildman–Crippen LogP) is 3.04. The molecule has 1 N–H and O–H groups in total. The van der Waals surface area contributed by atoms with Crippen LogP contribution >= 0.6 is 22.7 Å². The van der Waals surface area contributed by atoms with Gasteiger partial charge in [-0.25, -0.2) is 9.97 Å². The van der Waals surface area contributed by atoms with Gasteiger partial charge in [-0.05, 0) is 26.9 Å². The summed E-state index contributed by atoms with van der Waals surface area (Å²) < 4.78 is 0. The average Bonchev–Trinajstić information content (AvgIpc) is 3.00. The highest BCUT2D eigenvalue weighted by Gasteiger charge is 2.08. The Hall–Kier alpha value is -0.820. The van der Waals surface area contributed by atoms with Crippen molar-refractivity contribution in [2.24, 2.45) is 0 Å². The van der Waals surface area contributed by atoms with Crippen LogP contribution in [0.4, 0.5) is 0 Å². The van der Waals surface area contributed by atoms with E-state index >= 15 is 0 Å².